The molecular weight excluding hydrogens is 385 g/mol. The van der Waals surface area contributed by atoms with Gasteiger partial charge in [0.1, 0.15) is 0 Å². The molecule has 1 saturated heterocycles. The van der Waals surface area contributed by atoms with Gasteiger partial charge in [0.25, 0.3) is 0 Å². The average Bonchev–Trinajstić information content (AvgIpc) is 2.38. The minimum Gasteiger partial charge on any atom is -0.314 e. The first-order valence-electron chi connectivity index (χ1n) is 6.15. The summed E-state index contributed by atoms with van der Waals surface area (Å²) in [6.45, 7) is 3.43. The quantitative estimate of drug-likeness (QED) is 0.778. The van der Waals surface area contributed by atoms with E-state index < -0.39 is 6.43 Å². The molecule has 6 heteroatoms. The molecule has 0 aromatic heterocycles. The largest absolute Gasteiger partial charge is 0.314 e. The van der Waals surface area contributed by atoms with Crippen LogP contribution in [0.1, 0.15) is 18.0 Å². The second-order valence-corrected chi connectivity index (χ2v) is 5.73. The topological polar surface area (TPSA) is 15.3 Å². The SMILES string of the molecule is Cl.FC(F)C[C@H](c1ccc(I)cc1)N1CCNCC1. The highest BCUT2D eigenvalue weighted by Crippen LogP contribution is 2.28. The third kappa shape index (κ3) is 5.13. The molecule has 19 heavy (non-hydrogen) atoms. The maximum atomic E-state index is 12.8. The van der Waals surface area contributed by atoms with Crippen molar-refractivity contribution >= 4 is 35.0 Å². The van der Waals surface area contributed by atoms with Crippen molar-refractivity contribution in [2.45, 2.75) is 18.9 Å². The molecule has 1 aliphatic rings. The molecule has 108 valence electrons. The summed E-state index contributed by atoms with van der Waals surface area (Å²) < 4.78 is 26.7. The van der Waals surface area contributed by atoms with E-state index in [4.69, 9.17) is 0 Å². The summed E-state index contributed by atoms with van der Waals surface area (Å²) in [5, 5.41) is 3.25. The Morgan fingerprint density at radius 2 is 1.74 bits per heavy atom. The van der Waals surface area contributed by atoms with Crippen LogP contribution in [0.25, 0.3) is 0 Å². The number of hydrogen-bond donors (Lipinski definition) is 1. The predicted octanol–water partition coefficient (Wildman–Crippen LogP) is 3.31. The van der Waals surface area contributed by atoms with Gasteiger partial charge in [-0.3, -0.25) is 4.90 Å². The van der Waals surface area contributed by atoms with Gasteiger partial charge < -0.3 is 5.32 Å². The van der Waals surface area contributed by atoms with Crippen LogP contribution in [0.4, 0.5) is 8.78 Å². The standard InChI is InChI=1S/C13H17F2IN2.ClH/c14-13(15)9-12(18-7-5-17-6-8-18)10-1-3-11(16)4-2-10;/h1-4,12-13,17H,5-9H2;1H/t12-;/m1./s1. The van der Waals surface area contributed by atoms with E-state index in [2.05, 4.69) is 32.8 Å². The fraction of sp³-hybridized carbons (Fsp3) is 0.538. The third-order valence-electron chi connectivity index (χ3n) is 3.25. The van der Waals surface area contributed by atoms with Crippen LogP contribution in [-0.4, -0.2) is 37.5 Å². The molecular formula is C13H18ClF2IN2. The zero-order chi connectivity index (χ0) is 13.0. The molecule has 1 atom stereocenters. The van der Waals surface area contributed by atoms with Crippen molar-refractivity contribution in [1.29, 1.82) is 0 Å². The lowest BCUT2D eigenvalue weighted by Gasteiger charge is -2.35. The fourth-order valence-corrected chi connectivity index (χ4v) is 2.70. The molecule has 0 aliphatic carbocycles. The first kappa shape index (κ1) is 17.1. The van der Waals surface area contributed by atoms with Crippen LogP contribution in [-0.2, 0) is 0 Å². The molecule has 0 amide bonds. The van der Waals surface area contributed by atoms with Crippen LogP contribution in [0.5, 0.6) is 0 Å². The minimum atomic E-state index is -2.26. The van der Waals surface area contributed by atoms with E-state index in [0.29, 0.717) is 0 Å². The summed E-state index contributed by atoms with van der Waals surface area (Å²) in [6.07, 6.45) is -2.34. The Morgan fingerprint density at radius 1 is 1.16 bits per heavy atom. The monoisotopic (exact) mass is 402 g/mol. The second-order valence-electron chi connectivity index (χ2n) is 4.48. The normalized spacial score (nSPS) is 18.1. The zero-order valence-corrected chi connectivity index (χ0v) is 13.5. The molecule has 1 aromatic carbocycles. The summed E-state index contributed by atoms with van der Waals surface area (Å²) in [5.41, 5.74) is 0.998. The molecule has 1 aliphatic heterocycles. The molecule has 1 aromatic rings. The Balaban J connectivity index is 0.00000180. The Kier molecular flexibility index (Phi) is 7.49. The summed E-state index contributed by atoms with van der Waals surface area (Å²) in [5.74, 6) is 0. The van der Waals surface area contributed by atoms with E-state index in [-0.39, 0.29) is 24.9 Å². The van der Waals surface area contributed by atoms with Crippen molar-refractivity contribution in [3.63, 3.8) is 0 Å². The number of halogens is 4. The van der Waals surface area contributed by atoms with Crippen LogP contribution < -0.4 is 5.32 Å². The van der Waals surface area contributed by atoms with Gasteiger partial charge in [-0.05, 0) is 40.3 Å². The van der Waals surface area contributed by atoms with Crippen molar-refractivity contribution in [2.75, 3.05) is 26.2 Å². The smallest absolute Gasteiger partial charge is 0.240 e. The number of alkyl halides is 2. The molecule has 0 spiro atoms. The van der Waals surface area contributed by atoms with Gasteiger partial charge in [0.05, 0.1) is 0 Å². The molecule has 1 fully saturated rings. The Bertz CT molecular complexity index is 369. The van der Waals surface area contributed by atoms with E-state index in [9.17, 15) is 8.78 Å². The lowest BCUT2D eigenvalue weighted by Crippen LogP contribution is -2.45. The Morgan fingerprint density at radius 3 is 2.26 bits per heavy atom. The summed E-state index contributed by atoms with van der Waals surface area (Å²) in [6, 6.07) is 7.74. The zero-order valence-electron chi connectivity index (χ0n) is 10.5. The third-order valence-corrected chi connectivity index (χ3v) is 3.97. The van der Waals surface area contributed by atoms with E-state index in [1.807, 2.05) is 24.3 Å². The molecule has 2 rings (SSSR count). The molecule has 1 heterocycles. The molecule has 0 bridgehead atoms. The van der Waals surface area contributed by atoms with E-state index in [0.717, 1.165) is 35.3 Å². The van der Waals surface area contributed by atoms with Crippen LogP contribution in [0.15, 0.2) is 24.3 Å². The van der Waals surface area contributed by atoms with Crippen LogP contribution in [0, 0.1) is 3.57 Å². The number of nitrogens with zero attached hydrogens (tertiary/aromatic N) is 1. The van der Waals surface area contributed by atoms with Gasteiger partial charge in [-0.2, -0.15) is 0 Å². The van der Waals surface area contributed by atoms with Crippen molar-refractivity contribution < 1.29 is 8.78 Å². The summed E-state index contributed by atoms with van der Waals surface area (Å²) in [4.78, 5) is 2.16. The molecule has 2 nitrogen and oxygen atoms in total. The van der Waals surface area contributed by atoms with Gasteiger partial charge in [0, 0.05) is 42.2 Å². The highest BCUT2D eigenvalue weighted by molar-refractivity contribution is 14.1. The predicted molar refractivity (Wildman–Crippen MR) is 84.2 cm³/mol. The van der Waals surface area contributed by atoms with Gasteiger partial charge in [0.15, 0.2) is 0 Å². The van der Waals surface area contributed by atoms with Crippen LogP contribution >= 0.6 is 35.0 Å². The van der Waals surface area contributed by atoms with Crippen LogP contribution in [0.2, 0.25) is 0 Å². The molecule has 0 saturated carbocycles. The lowest BCUT2D eigenvalue weighted by atomic mass is 10.0. The highest BCUT2D eigenvalue weighted by Gasteiger charge is 2.25. The molecule has 1 N–H and O–H groups in total. The first-order valence-corrected chi connectivity index (χ1v) is 7.23. The average molecular weight is 403 g/mol. The van der Waals surface area contributed by atoms with Gasteiger partial charge in [-0.25, -0.2) is 8.78 Å². The van der Waals surface area contributed by atoms with Crippen molar-refractivity contribution in [1.82, 2.24) is 10.2 Å². The van der Waals surface area contributed by atoms with Crippen molar-refractivity contribution in [3.8, 4) is 0 Å². The maximum Gasteiger partial charge on any atom is 0.240 e. The highest BCUT2D eigenvalue weighted by atomic mass is 127. The van der Waals surface area contributed by atoms with Gasteiger partial charge in [-0.15, -0.1) is 12.4 Å². The van der Waals surface area contributed by atoms with Gasteiger partial charge >= 0.3 is 0 Å². The van der Waals surface area contributed by atoms with Gasteiger partial charge in [0.2, 0.25) is 6.43 Å². The number of piperazine rings is 1. The Labute approximate surface area is 132 Å². The van der Waals surface area contributed by atoms with Gasteiger partial charge in [-0.1, -0.05) is 12.1 Å². The summed E-state index contributed by atoms with van der Waals surface area (Å²) >= 11 is 2.23. The number of nitrogens with one attached hydrogen (secondary N) is 1. The summed E-state index contributed by atoms with van der Waals surface area (Å²) in [7, 11) is 0. The minimum absolute atomic E-state index is 0. The van der Waals surface area contributed by atoms with Crippen molar-refractivity contribution in [2.24, 2.45) is 0 Å². The number of rotatable bonds is 4. The van der Waals surface area contributed by atoms with Crippen molar-refractivity contribution in [3.05, 3.63) is 33.4 Å². The first-order chi connectivity index (χ1) is 8.66. The Hall–Kier alpha value is 0.0200. The van der Waals surface area contributed by atoms with E-state index >= 15 is 0 Å². The van der Waals surface area contributed by atoms with E-state index in [1.54, 1.807) is 0 Å². The number of hydrogen-bond acceptors (Lipinski definition) is 2. The molecule has 0 radical (unpaired) electrons. The second kappa shape index (κ2) is 8.34. The van der Waals surface area contributed by atoms with E-state index in [1.165, 1.54) is 0 Å². The number of benzene rings is 1. The lowest BCUT2D eigenvalue weighted by molar-refractivity contribution is 0.0739. The maximum absolute atomic E-state index is 12.8. The molecule has 0 unspecified atom stereocenters. The fourth-order valence-electron chi connectivity index (χ4n) is 2.34. The van der Waals surface area contributed by atoms with Crippen LogP contribution in [0.3, 0.4) is 0 Å².